The predicted molar refractivity (Wildman–Crippen MR) is 69.0 cm³/mol. The Morgan fingerprint density at radius 3 is 2.30 bits per heavy atom. The van der Waals surface area contributed by atoms with Gasteiger partial charge in [0.05, 0.1) is 10.5 Å². The molecule has 2 rings (SSSR count). The third-order valence-electron chi connectivity index (χ3n) is 2.52. The number of pyridine rings is 1. The molecule has 1 aromatic carbocycles. The summed E-state index contributed by atoms with van der Waals surface area (Å²) < 4.78 is 38.3. The monoisotopic (exact) mass is 346 g/mol. The lowest BCUT2D eigenvalue weighted by Gasteiger charge is -2.08. The molecule has 0 aliphatic carbocycles. The minimum Gasteiger partial charge on any atom is -0.258 e. The second-order valence-corrected chi connectivity index (χ2v) is 4.76. The van der Waals surface area contributed by atoms with Gasteiger partial charge in [-0.05, 0) is 17.7 Å². The molecule has 0 unspecified atom stereocenters. The molecule has 0 radical (unpaired) electrons. The summed E-state index contributed by atoms with van der Waals surface area (Å²) in [6.45, 7) is 0. The Kier molecular flexibility index (Phi) is 3.76. The van der Waals surface area contributed by atoms with Gasteiger partial charge in [-0.3, -0.25) is 15.1 Å². The van der Waals surface area contributed by atoms with Crippen LogP contribution in [-0.4, -0.2) is 9.91 Å². The van der Waals surface area contributed by atoms with Crippen LogP contribution in [0.25, 0.3) is 11.1 Å². The number of nitrogens with zero attached hydrogens (tertiary/aromatic N) is 2. The molecule has 20 heavy (non-hydrogen) atoms. The molecule has 0 saturated heterocycles. The van der Waals surface area contributed by atoms with Crippen molar-refractivity contribution in [3.63, 3.8) is 0 Å². The van der Waals surface area contributed by atoms with Crippen molar-refractivity contribution in [2.75, 3.05) is 0 Å². The maximum absolute atomic E-state index is 12.5. The molecule has 1 aromatic heterocycles. The third kappa shape index (κ3) is 2.96. The number of hydrogen-bond acceptors (Lipinski definition) is 3. The first-order valence-electron chi connectivity index (χ1n) is 5.26. The Bertz CT molecular complexity index is 657. The Hall–Kier alpha value is -1.96. The molecule has 0 fully saturated rings. The fourth-order valence-electron chi connectivity index (χ4n) is 1.60. The van der Waals surface area contributed by atoms with Gasteiger partial charge < -0.3 is 0 Å². The Morgan fingerprint density at radius 1 is 1.20 bits per heavy atom. The van der Waals surface area contributed by atoms with Crippen molar-refractivity contribution in [3.05, 3.63) is 56.8 Å². The van der Waals surface area contributed by atoms with E-state index >= 15 is 0 Å². The molecule has 1 heterocycles. The van der Waals surface area contributed by atoms with Crippen LogP contribution < -0.4 is 0 Å². The van der Waals surface area contributed by atoms with Gasteiger partial charge in [-0.15, -0.1) is 0 Å². The standard InChI is InChI=1S/C12H6BrF3N2O2/c13-8-3-1-7(2-4-8)9-6-17-11(12(14,15)16)5-10(9)18(19)20/h1-6H. The summed E-state index contributed by atoms with van der Waals surface area (Å²) in [5.41, 5.74) is -1.46. The van der Waals surface area contributed by atoms with Crippen LogP contribution in [0.3, 0.4) is 0 Å². The molecule has 0 spiro atoms. The largest absolute Gasteiger partial charge is 0.433 e. The van der Waals surface area contributed by atoms with E-state index in [-0.39, 0.29) is 5.56 Å². The minimum absolute atomic E-state index is 0.0375. The quantitative estimate of drug-likeness (QED) is 0.596. The summed E-state index contributed by atoms with van der Waals surface area (Å²) in [5, 5.41) is 10.9. The number of nitro groups is 1. The zero-order valence-corrected chi connectivity index (χ0v) is 11.3. The molecule has 0 saturated carbocycles. The van der Waals surface area contributed by atoms with Crippen LogP contribution in [0.1, 0.15) is 5.69 Å². The van der Waals surface area contributed by atoms with Crippen LogP contribution in [0.2, 0.25) is 0 Å². The SMILES string of the molecule is O=[N+]([O-])c1cc(C(F)(F)F)ncc1-c1ccc(Br)cc1. The molecule has 104 valence electrons. The zero-order valence-electron chi connectivity index (χ0n) is 9.69. The van der Waals surface area contributed by atoms with Crippen LogP contribution in [0.5, 0.6) is 0 Å². The van der Waals surface area contributed by atoms with Crippen molar-refractivity contribution in [2.45, 2.75) is 6.18 Å². The van der Waals surface area contributed by atoms with Crippen molar-refractivity contribution in [3.8, 4) is 11.1 Å². The maximum atomic E-state index is 12.5. The van der Waals surface area contributed by atoms with Gasteiger partial charge in [-0.25, -0.2) is 0 Å². The van der Waals surface area contributed by atoms with E-state index in [0.29, 0.717) is 11.6 Å². The lowest BCUT2D eigenvalue weighted by atomic mass is 10.1. The van der Waals surface area contributed by atoms with Gasteiger partial charge in [0.1, 0.15) is 0 Å². The molecule has 0 amide bonds. The van der Waals surface area contributed by atoms with Crippen molar-refractivity contribution in [2.24, 2.45) is 0 Å². The van der Waals surface area contributed by atoms with Gasteiger partial charge >= 0.3 is 6.18 Å². The van der Waals surface area contributed by atoms with E-state index in [2.05, 4.69) is 20.9 Å². The van der Waals surface area contributed by atoms with Crippen LogP contribution in [0, 0.1) is 10.1 Å². The van der Waals surface area contributed by atoms with Gasteiger partial charge in [-0.1, -0.05) is 28.1 Å². The highest BCUT2D eigenvalue weighted by Gasteiger charge is 2.35. The molecule has 0 atom stereocenters. The lowest BCUT2D eigenvalue weighted by Crippen LogP contribution is -2.09. The van der Waals surface area contributed by atoms with Gasteiger partial charge in [-0.2, -0.15) is 13.2 Å². The fourth-order valence-corrected chi connectivity index (χ4v) is 1.87. The van der Waals surface area contributed by atoms with Gasteiger partial charge in [0, 0.05) is 16.7 Å². The first-order chi connectivity index (χ1) is 9.29. The van der Waals surface area contributed by atoms with E-state index in [0.717, 1.165) is 10.7 Å². The summed E-state index contributed by atoms with van der Waals surface area (Å²) >= 11 is 3.20. The summed E-state index contributed by atoms with van der Waals surface area (Å²) in [6, 6.07) is 6.83. The van der Waals surface area contributed by atoms with E-state index in [1.165, 1.54) is 0 Å². The maximum Gasteiger partial charge on any atom is 0.433 e. The van der Waals surface area contributed by atoms with Crippen molar-refractivity contribution in [1.82, 2.24) is 4.98 Å². The minimum atomic E-state index is -4.72. The van der Waals surface area contributed by atoms with Crippen molar-refractivity contribution < 1.29 is 18.1 Å². The molecule has 8 heteroatoms. The van der Waals surface area contributed by atoms with Crippen molar-refractivity contribution in [1.29, 1.82) is 0 Å². The number of rotatable bonds is 2. The zero-order chi connectivity index (χ0) is 14.9. The Morgan fingerprint density at radius 2 is 1.80 bits per heavy atom. The van der Waals surface area contributed by atoms with Gasteiger partial charge in [0.15, 0.2) is 5.69 Å². The second-order valence-electron chi connectivity index (χ2n) is 3.85. The molecule has 0 aliphatic heterocycles. The average Bonchev–Trinajstić information content (AvgIpc) is 2.38. The van der Waals surface area contributed by atoms with Gasteiger partial charge in [0.2, 0.25) is 0 Å². The molecule has 0 N–H and O–H groups in total. The van der Waals surface area contributed by atoms with Crippen LogP contribution in [0.4, 0.5) is 18.9 Å². The highest BCUT2D eigenvalue weighted by molar-refractivity contribution is 9.10. The molecular formula is C12H6BrF3N2O2. The Balaban J connectivity index is 2.59. The van der Waals surface area contributed by atoms with Gasteiger partial charge in [0.25, 0.3) is 5.69 Å². The van der Waals surface area contributed by atoms with Crippen LogP contribution >= 0.6 is 15.9 Å². The summed E-state index contributed by atoms with van der Waals surface area (Å²) in [6.07, 6.45) is -3.85. The first-order valence-corrected chi connectivity index (χ1v) is 6.06. The number of benzene rings is 1. The second kappa shape index (κ2) is 5.20. The topological polar surface area (TPSA) is 56.0 Å². The number of hydrogen-bond donors (Lipinski definition) is 0. The van der Waals surface area contributed by atoms with Crippen LogP contribution in [-0.2, 0) is 6.18 Å². The molecule has 0 bridgehead atoms. The van der Waals surface area contributed by atoms with E-state index < -0.39 is 22.5 Å². The van der Waals surface area contributed by atoms with Crippen LogP contribution in [0.15, 0.2) is 41.0 Å². The first kappa shape index (κ1) is 14.4. The Labute approximate surface area is 119 Å². The number of aromatic nitrogens is 1. The van der Waals surface area contributed by atoms with E-state index in [4.69, 9.17) is 0 Å². The lowest BCUT2D eigenvalue weighted by molar-refractivity contribution is -0.384. The smallest absolute Gasteiger partial charge is 0.258 e. The summed E-state index contributed by atoms with van der Waals surface area (Å²) in [7, 11) is 0. The number of halogens is 4. The average molecular weight is 347 g/mol. The highest BCUT2D eigenvalue weighted by atomic mass is 79.9. The molecular weight excluding hydrogens is 341 g/mol. The third-order valence-corrected chi connectivity index (χ3v) is 3.05. The predicted octanol–water partition coefficient (Wildman–Crippen LogP) is 4.44. The summed E-state index contributed by atoms with van der Waals surface area (Å²) in [5.74, 6) is 0. The molecule has 0 aliphatic rings. The van der Waals surface area contributed by atoms with E-state index in [1.807, 2.05) is 0 Å². The fraction of sp³-hybridized carbons (Fsp3) is 0.0833. The highest BCUT2D eigenvalue weighted by Crippen LogP contribution is 2.35. The molecule has 4 nitrogen and oxygen atoms in total. The molecule has 2 aromatic rings. The normalized spacial score (nSPS) is 11.4. The van der Waals surface area contributed by atoms with E-state index in [9.17, 15) is 23.3 Å². The van der Waals surface area contributed by atoms with Crippen molar-refractivity contribution >= 4 is 21.6 Å². The summed E-state index contributed by atoms with van der Waals surface area (Å²) in [4.78, 5) is 13.3. The van der Waals surface area contributed by atoms with E-state index in [1.54, 1.807) is 24.3 Å². The number of alkyl halides is 3.